The fourth-order valence-corrected chi connectivity index (χ4v) is 5.56. The van der Waals surface area contributed by atoms with Gasteiger partial charge in [0.25, 0.3) is 0 Å². The number of carboxylic acids is 1. The van der Waals surface area contributed by atoms with Crippen molar-refractivity contribution in [2.24, 2.45) is 11.8 Å². The van der Waals surface area contributed by atoms with E-state index in [9.17, 15) is 9.90 Å². The molecule has 9 heteroatoms. The van der Waals surface area contributed by atoms with Crippen LogP contribution in [0, 0.1) is 11.8 Å². The minimum atomic E-state index is -1.11. The molecule has 1 fully saturated rings. The summed E-state index contributed by atoms with van der Waals surface area (Å²) in [6, 6.07) is 3.20. The van der Waals surface area contributed by atoms with Crippen LogP contribution in [0.3, 0.4) is 0 Å². The maximum atomic E-state index is 12.0. The molecular formula is C27H26ClN5O3. The summed E-state index contributed by atoms with van der Waals surface area (Å²) in [5.74, 6) is 1.67. The van der Waals surface area contributed by atoms with Crippen molar-refractivity contribution in [1.29, 1.82) is 0 Å². The molecule has 0 amide bonds. The smallest absolute Gasteiger partial charge is 0.354 e. The summed E-state index contributed by atoms with van der Waals surface area (Å²) in [6.07, 6.45) is 17.4. The van der Waals surface area contributed by atoms with Gasteiger partial charge in [-0.3, -0.25) is 4.98 Å². The van der Waals surface area contributed by atoms with Crippen LogP contribution >= 0.6 is 11.6 Å². The topological polar surface area (TPSA) is 93.4 Å². The Hall–Kier alpha value is -3.65. The Bertz CT molecular complexity index is 1430. The van der Waals surface area contributed by atoms with Gasteiger partial charge in [-0.25, -0.2) is 14.8 Å². The Balaban J connectivity index is 1.58. The van der Waals surface area contributed by atoms with Crippen LogP contribution in [0.5, 0.6) is 0 Å². The molecule has 6 rings (SSSR count). The molecule has 0 saturated heterocycles. The SMILES string of the molecule is C[C@H]1CC[C@H](Cn2c(N3C=COC4=CC=C[C@H]43)nc3cc(C(=O)O)nc(-c4cncc(Cl)c4)c32)CC1. The molecule has 36 heavy (non-hydrogen) atoms. The first-order valence-corrected chi connectivity index (χ1v) is 12.6. The Morgan fingerprint density at radius 1 is 1.19 bits per heavy atom. The van der Waals surface area contributed by atoms with E-state index in [1.54, 1.807) is 30.8 Å². The number of allylic oxidation sites excluding steroid dienone is 2. The fourth-order valence-electron chi connectivity index (χ4n) is 5.38. The Morgan fingerprint density at radius 2 is 2.03 bits per heavy atom. The van der Waals surface area contributed by atoms with Crippen molar-refractivity contribution in [3.63, 3.8) is 0 Å². The predicted molar refractivity (Wildman–Crippen MR) is 138 cm³/mol. The highest BCUT2D eigenvalue weighted by atomic mass is 35.5. The summed E-state index contributed by atoms with van der Waals surface area (Å²) in [5.41, 5.74) is 2.45. The number of halogens is 1. The van der Waals surface area contributed by atoms with E-state index in [1.165, 1.54) is 12.8 Å². The van der Waals surface area contributed by atoms with E-state index >= 15 is 0 Å². The summed E-state index contributed by atoms with van der Waals surface area (Å²) in [4.78, 5) is 27.8. The predicted octanol–water partition coefficient (Wildman–Crippen LogP) is 5.80. The number of nitrogens with zero attached hydrogens (tertiary/aromatic N) is 5. The molecule has 3 aliphatic rings. The normalized spacial score (nSPS) is 23.0. The maximum absolute atomic E-state index is 12.0. The third-order valence-corrected chi connectivity index (χ3v) is 7.49. The number of carboxylic acid groups (broad SMARTS) is 1. The molecule has 1 saturated carbocycles. The number of hydrogen-bond donors (Lipinski definition) is 1. The van der Waals surface area contributed by atoms with Crippen LogP contribution in [0.25, 0.3) is 22.3 Å². The second kappa shape index (κ2) is 9.09. The van der Waals surface area contributed by atoms with Crippen molar-refractivity contribution in [2.45, 2.75) is 45.2 Å². The molecule has 1 N–H and O–H groups in total. The van der Waals surface area contributed by atoms with Gasteiger partial charge in [-0.2, -0.15) is 0 Å². The largest absolute Gasteiger partial charge is 0.477 e. The van der Waals surface area contributed by atoms with E-state index in [0.717, 1.165) is 42.5 Å². The fraction of sp³-hybridized carbons (Fsp3) is 0.333. The molecule has 1 aliphatic heterocycles. The summed E-state index contributed by atoms with van der Waals surface area (Å²) in [6.45, 7) is 3.07. The number of aromatic nitrogens is 4. The lowest BCUT2D eigenvalue weighted by molar-refractivity contribution is 0.0691. The van der Waals surface area contributed by atoms with Gasteiger partial charge in [0, 0.05) is 30.7 Å². The molecular weight excluding hydrogens is 478 g/mol. The first-order valence-electron chi connectivity index (χ1n) is 12.2. The van der Waals surface area contributed by atoms with Crippen molar-refractivity contribution in [1.82, 2.24) is 19.5 Å². The number of rotatable bonds is 5. The maximum Gasteiger partial charge on any atom is 0.354 e. The third kappa shape index (κ3) is 4.05. The number of hydrogen-bond acceptors (Lipinski definition) is 6. The van der Waals surface area contributed by atoms with Crippen LogP contribution < -0.4 is 4.90 Å². The van der Waals surface area contributed by atoms with E-state index in [0.29, 0.717) is 27.7 Å². The molecule has 4 heterocycles. The minimum Gasteiger partial charge on any atom is -0.477 e. The van der Waals surface area contributed by atoms with Crippen molar-refractivity contribution in [3.05, 3.63) is 71.7 Å². The number of imidazole rings is 1. The molecule has 0 radical (unpaired) electrons. The molecule has 184 valence electrons. The van der Waals surface area contributed by atoms with Gasteiger partial charge < -0.3 is 19.3 Å². The molecule has 0 aromatic carbocycles. The van der Waals surface area contributed by atoms with Crippen LogP contribution in [0.4, 0.5) is 5.95 Å². The molecule has 0 bridgehead atoms. The van der Waals surface area contributed by atoms with Crippen molar-refractivity contribution >= 4 is 34.6 Å². The number of aromatic carboxylic acids is 1. The molecule has 2 aliphatic carbocycles. The van der Waals surface area contributed by atoms with Gasteiger partial charge in [-0.05, 0) is 42.9 Å². The number of fused-ring (bicyclic) bond motifs is 2. The second-order valence-corrected chi connectivity index (χ2v) is 10.2. The monoisotopic (exact) mass is 503 g/mol. The molecule has 8 nitrogen and oxygen atoms in total. The number of anilines is 1. The van der Waals surface area contributed by atoms with E-state index < -0.39 is 5.97 Å². The number of pyridine rings is 2. The average Bonchev–Trinajstić information content (AvgIpc) is 3.50. The minimum absolute atomic E-state index is 0.0703. The zero-order valence-electron chi connectivity index (χ0n) is 19.8. The van der Waals surface area contributed by atoms with E-state index in [-0.39, 0.29) is 11.7 Å². The van der Waals surface area contributed by atoms with Crippen LogP contribution in [0.2, 0.25) is 5.02 Å². The van der Waals surface area contributed by atoms with Gasteiger partial charge >= 0.3 is 5.97 Å². The number of carbonyl (C=O) groups is 1. The number of ether oxygens (including phenoxy) is 1. The summed E-state index contributed by atoms with van der Waals surface area (Å²) < 4.78 is 7.91. The Labute approximate surface area is 213 Å². The van der Waals surface area contributed by atoms with Gasteiger partial charge in [-0.15, -0.1) is 0 Å². The Morgan fingerprint density at radius 3 is 2.81 bits per heavy atom. The van der Waals surface area contributed by atoms with Crippen LogP contribution in [0.15, 0.2) is 61.0 Å². The highest BCUT2D eigenvalue weighted by molar-refractivity contribution is 6.30. The summed E-state index contributed by atoms with van der Waals surface area (Å²) >= 11 is 6.27. The van der Waals surface area contributed by atoms with E-state index in [2.05, 4.69) is 32.4 Å². The molecule has 1 atom stereocenters. The van der Waals surface area contributed by atoms with Crippen LogP contribution in [-0.2, 0) is 11.3 Å². The summed E-state index contributed by atoms with van der Waals surface area (Å²) in [5, 5.41) is 10.3. The van der Waals surface area contributed by atoms with Gasteiger partial charge in [0.2, 0.25) is 5.95 Å². The first kappa shape index (κ1) is 22.8. The zero-order chi connectivity index (χ0) is 24.8. The highest BCUT2D eigenvalue weighted by Gasteiger charge is 2.32. The van der Waals surface area contributed by atoms with Gasteiger partial charge in [0.15, 0.2) is 5.69 Å². The average molecular weight is 504 g/mol. The van der Waals surface area contributed by atoms with Gasteiger partial charge in [-0.1, -0.05) is 43.5 Å². The van der Waals surface area contributed by atoms with E-state index in [4.69, 9.17) is 21.3 Å². The quantitative estimate of drug-likeness (QED) is 0.470. The second-order valence-electron chi connectivity index (χ2n) is 9.78. The molecule has 3 aromatic rings. The standard InChI is InChI=1S/C27H26ClN5O3/c1-16-5-7-17(8-6-16)15-33-25-20(31-27(33)32-9-10-36-23-4-2-3-22(23)32)12-21(26(34)35)30-24(25)18-11-19(28)14-29-13-18/h2-4,9-14,16-17,22H,5-8,15H2,1H3,(H,34,35)/t16-,17-,22-/m1/s1. The molecule has 0 unspecified atom stereocenters. The molecule has 0 spiro atoms. The zero-order valence-corrected chi connectivity index (χ0v) is 20.6. The van der Waals surface area contributed by atoms with Gasteiger partial charge in [0.1, 0.15) is 18.1 Å². The van der Waals surface area contributed by atoms with Crippen LogP contribution in [-0.4, -0.2) is 36.6 Å². The Kier molecular flexibility index (Phi) is 5.76. The van der Waals surface area contributed by atoms with Crippen molar-refractivity contribution in [2.75, 3.05) is 4.90 Å². The van der Waals surface area contributed by atoms with Gasteiger partial charge in [0.05, 0.1) is 21.7 Å². The van der Waals surface area contributed by atoms with Crippen molar-refractivity contribution in [3.8, 4) is 11.3 Å². The third-order valence-electron chi connectivity index (χ3n) is 7.28. The summed E-state index contributed by atoms with van der Waals surface area (Å²) in [7, 11) is 0. The highest BCUT2D eigenvalue weighted by Crippen LogP contribution is 2.38. The van der Waals surface area contributed by atoms with E-state index in [1.807, 2.05) is 18.4 Å². The lowest BCUT2D eigenvalue weighted by Gasteiger charge is -2.32. The molecule has 3 aromatic heterocycles. The van der Waals surface area contributed by atoms with Crippen LogP contribution in [0.1, 0.15) is 43.1 Å². The van der Waals surface area contributed by atoms with Crippen molar-refractivity contribution < 1.29 is 14.6 Å². The lowest BCUT2D eigenvalue weighted by Crippen LogP contribution is -2.35. The first-order chi connectivity index (χ1) is 17.5. The lowest BCUT2D eigenvalue weighted by atomic mass is 9.83.